The molecule has 0 amide bonds. The van der Waals surface area contributed by atoms with Crippen molar-refractivity contribution < 1.29 is 19.4 Å². The van der Waals surface area contributed by atoms with Crippen LogP contribution in [0.15, 0.2) is 0 Å². The Balaban J connectivity index is 4.39. The molecule has 62 valence electrons. The molecule has 0 aromatic heterocycles. The number of carboxylic acid groups (broad SMARTS) is 1. The Morgan fingerprint density at radius 2 is 2.09 bits per heavy atom. The summed E-state index contributed by atoms with van der Waals surface area (Å²) in [5.41, 5.74) is 0. The van der Waals surface area contributed by atoms with Crippen LogP contribution in [0.3, 0.4) is 0 Å². The van der Waals surface area contributed by atoms with Gasteiger partial charge in [0.1, 0.15) is 0 Å². The molecule has 0 radical (unpaired) electrons. The first-order valence-electron chi connectivity index (χ1n) is 2.54. The topological polar surface area (TPSA) is 87.5 Å². The Bertz CT molecular complexity index is 203. The summed E-state index contributed by atoms with van der Waals surface area (Å²) in [7, 11) is 1.05. The predicted octanol–water partition coefficient (Wildman–Crippen LogP) is -0.129. The molecule has 0 spiro atoms. The van der Waals surface area contributed by atoms with Crippen molar-refractivity contribution in [1.82, 2.24) is 0 Å². The number of rotatable bonds is 4. The van der Waals surface area contributed by atoms with Crippen LogP contribution in [0.1, 0.15) is 0 Å². The molecule has 6 heteroatoms. The zero-order valence-corrected chi connectivity index (χ0v) is 6.38. The van der Waals surface area contributed by atoms with Crippen molar-refractivity contribution in [3.05, 3.63) is 0 Å². The van der Waals surface area contributed by atoms with Crippen molar-refractivity contribution in [2.75, 3.05) is 7.11 Å². The lowest BCUT2D eigenvalue weighted by molar-refractivity contribution is -0.151. The van der Waals surface area contributed by atoms with E-state index in [0.717, 1.165) is 7.11 Å². The number of hydrogen-bond donors (Lipinski definition) is 2. The Kier molecular flexibility index (Phi) is 3.70. The van der Waals surface area contributed by atoms with Gasteiger partial charge in [-0.2, -0.15) is 0 Å². The van der Waals surface area contributed by atoms with E-state index in [2.05, 4.69) is 4.74 Å². The number of nitrogens with one attached hydrogen (secondary N) is 1. The van der Waals surface area contributed by atoms with Crippen molar-refractivity contribution in [3.63, 3.8) is 0 Å². The highest BCUT2D eigenvalue weighted by Gasteiger charge is 2.27. The van der Waals surface area contributed by atoms with Crippen molar-refractivity contribution in [3.8, 4) is 0 Å². The number of carbonyl (C=O) groups excluding carboxylic acids is 1. The molecule has 0 heterocycles. The lowest BCUT2D eigenvalue weighted by Gasteiger charge is -2.05. The number of hydrogen-bond acceptors (Lipinski definition) is 4. The van der Waals surface area contributed by atoms with Gasteiger partial charge in [0, 0.05) is 7.11 Å². The Morgan fingerprint density at radius 3 is 2.18 bits per heavy atom. The fourth-order valence-electron chi connectivity index (χ4n) is 0.435. The van der Waals surface area contributed by atoms with Gasteiger partial charge in [0.25, 0.3) is 0 Å². The highest BCUT2D eigenvalue weighted by atomic mass is 35.5. The third-order valence-corrected chi connectivity index (χ3v) is 1.10. The SMILES string of the molecule is COC(C(=O)O)C(=O)C(=N)Cl. The molecule has 0 aliphatic rings. The minimum atomic E-state index is -1.67. The smallest absolute Gasteiger partial charge is 0.341 e. The van der Waals surface area contributed by atoms with Crippen molar-refractivity contribution >= 4 is 28.5 Å². The number of ether oxygens (including phenoxy) is 1. The lowest BCUT2D eigenvalue weighted by Crippen LogP contribution is -2.34. The largest absolute Gasteiger partial charge is 0.479 e. The van der Waals surface area contributed by atoms with Gasteiger partial charge in [-0.15, -0.1) is 0 Å². The van der Waals surface area contributed by atoms with Crippen molar-refractivity contribution in [2.45, 2.75) is 6.10 Å². The molecule has 0 saturated carbocycles. The summed E-state index contributed by atoms with van der Waals surface area (Å²) in [5, 5.41) is 14.0. The highest BCUT2D eigenvalue weighted by molar-refractivity contribution is 6.83. The summed E-state index contributed by atoms with van der Waals surface area (Å²) >= 11 is 4.94. The Morgan fingerprint density at radius 1 is 1.64 bits per heavy atom. The molecule has 0 saturated heterocycles. The van der Waals surface area contributed by atoms with E-state index in [0.29, 0.717) is 0 Å². The molecule has 2 N–H and O–H groups in total. The van der Waals surface area contributed by atoms with Crippen LogP contribution in [-0.2, 0) is 14.3 Å². The van der Waals surface area contributed by atoms with Crippen molar-refractivity contribution in [1.29, 1.82) is 5.41 Å². The second kappa shape index (κ2) is 4.05. The van der Waals surface area contributed by atoms with Crippen LogP contribution in [-0.4, -0.2) is 35.2 Å². The molecule has 0 aromatic carbocycles. The second-order valence-corrected chi connectivity index (χ2v) is 2.01. The van der Waals surface area contributed by atoms with E-state index in [1.165, 1.54) is 0 Å². The Hall–Kier alpha value is -0.940. The van der Waals surface area contributed by atoms with E-state index >= 15 is 0 Å². The highest BCUT2D eigenvalue weighted by Crippen LogP contribution is 1.96. The first-order valence-corrected chi connectivity index (χ1v) is 2.92. The summed E-state index contributed by atoms with van der Waals surface area (Å²) in [6.45, 7) is 0. The van der Waals surface area contributed by atoms with E-state index in [1.807, 2.05) is 0 Å². The van der Waals surface area contributed by atoms with E-state index in [1.54, 1.807) is 0 Å². The van der Waals surface area contributed by atoms with Gasteiger partial charge in [-0.1, -0.05) is 11.6 Å². The van der Waals surface area contributed by atoms with Crippen molar-refractivity contribution in [2.24, 2.45) is 0 Å². The maximum Gasteiger partial charge on any atom is 0.341 e. The maximum atomic E-state index is 10.7. The third kappa shape index (κ3) is 2.65. The number of halogens is 1. The average Bonchev–Trinajstić information content (AvgIpc) is 1.88. The fraction of sp³-hybridized carbons (Fsp3) is 0.400. The monoisotopic (exact) mass is 179 g/mol. The second-order valence-electron chi connectivity index (χ2n) is 1.63. The van der Waals surface area contributed by atoms with E-state index < -0.39 is 23.0 Å². The summed E-state index contributed by atoms with van der Waals surface area (Å²) in [5.74, 6) is -2.51. The molecule has 0 fully saturated rings. The van der Waals surface area contributed by atoms with Gasteiger partial charge in [-0.05, 0) is 0 Å². The van der Waals surface area contributed by atoms with Gasteiger partial charge < -0.3 is 9.84 Å². The normalized spacial score (nSPS) is 12.2. The molecular weight excluding hydrogens is 174 g/mol. The first kappa shape index (κ1) is 10.1. The van der Waals surface area contributed by atoms with Gasteiger partial charge in [0.05, 0.1) is 0 Å². The number of Topliss-reactive ketones (excluding diaryl/α,β-unsaturated/α-hetero) is 1. The Labute approximate surface area is 67.4 Å². The summed E-state index contributed by atoms with van der Waals surface area (Å²) in [6, 6.07) is 0. The van der Waals surface area contributed by atoms with E-state index in [4.69, 9.17) is 22.1 Å². The van der Waals surface area contributed by atoms with Gasteiger partial charge in [-0.25, -0.2) is 4.79 Å². The standard InChI is InChI=1S/C5H6ClNO4/c1-11-3(5(9)10)2(8)4(6)7/h3,7H,1H3,(H,9,10). The molecule has 0 bridgehead atoms. The van der Waals surface area contributed by atoms with Gasteiger partial charge in [0.15, 0.2) is 5.17 Å². The van der Waals surface area contributed by atoms with Crippen LogP contribution in [0, 0.1) is 5.41 Å². The zero-order chi connectivity index (χ0) is 9.02. The minimum Gasteiger partial charge on any atom is -0.479 e. The number of methoxy groups -OCH3 is 1. The van der Waals surface area contributed by atoms with Crippen LogP contribution in [0.5, 0.6) is 0 Å². The molecule has 0 aromatic rings. The summed E-state index contributed by atoms with van der Waals surface area (Å²) in [6.07, 6.45) is -1.67. The number of aliphatic carboxylic acids is 1. The fourth-order valence-corrected chi connectivity index (χ4v) is 0.534. The molecule has 0 rings (SSSR count). The van der Waals surface area contributed by atoms with Gasteiger partial charge in [-0.3, -0.25) is 10.2 Å². The molecule has 0 aliphatic heterocycles. The van der Waals surface area contributed by atoms with Crippen LogP contribution < -0.4 is 0 Å². The third-order valence-electron chi connectivity index (χ3n) is 0.914. The van der Waals surface area contributed by atoms with Crippen LogP contribution in [0.25, 0.3) is 0 Å². The minimum absolute atomic E-state index is 0.848. The van der Waals surface area contributed by atoms with Gasteiger partial charge >= 0.3 is 5.97 Å². The molecule has 1 unspecified atom stereocenters. The predicted molar refractivity (Wildman–Crippen MR) is 37.0 cm³/mol. The summed E-state index contributed by atoms with van der Waals surface area (Å²) < 4.78 is 4.26. The number of ketones is 1. The molecular formula is C5H6ClNO4. The summed E-state index contributed by atoms with van der Waals surface area (Å²) in [4.78, 5) is 20.8. The van der Waals surface area contributed by atoms with E-state index in [-0.39, 0.29) is 0 Å². The first-order chi connectivity index (χ1) is 5.00. The van der Waals surface area contributed by atoms with Gasteiger partial charge in [0.2, 0.25) is 11.9 Å². The molecule has 11 heavy (non-hydrogen) atoms. The van der Waals surface area contributed by atoms with Crippen LogP contribution >= 0.6 is 11.6 Å². The zero-order valence-electron chi connectivity index (χ0n) is 5.63. The quantitative estimate of drug-likeness (QED) is 0.465. The number of carbonyl (C=O) groups is 2. The van der Waals surface area contributed by atoms with Crippen LogP contribution in [0.4, 0.5) is 0 Å². The van der Waals surface area contributed by atoms with Crippen LogP contribution in [0.2, 0.25) is 0 Å². The molecule has 5 nitrogen and oxygen atoms in total. The molecule has 0 aliphatic carbocycles. The number of carboxylic acids is 1. The lowest BCUT2D eigenvalue weighted by atomic mass is 10.2. The maximum absolute atomic E-state index is 10.7. The molecule has 1 atom stereocenters. The van der Waals surface area contributed by atoms with E-state index in [9.17, 15) is 9.59 Å². The average molecular weight is 180 g/mol.